The zero-order valence-electron chi connectivity index (χ0n) is 11.1. The van der Waals surface area contributed by atoms with Crippen molar-refractivity contribution in [2.45, 2.75) is 26.3 Å². The summed E-state index contributed by atoms with van der Waals surface area (Å²) < 4.78 is 0. The first-order chi connectivity index (χ1) is 7.99. The van der Waals surface area contributed by atoms with Gasteiger partial charge in [-0.15, -0.1) is 12.4 Å². The van der Waals surface area contributed by atoms with E-state index in [-0.39, 0.29) is 29.8 Å². The topological polar surface area (TPSA) is 41.1 Å². The molecule has 0 spiro atoms. The van der Waals surface area contributed by atoms with Crippen LogP contribution in [0.25, 0.3) is 0 Å². The van der Waals surface area contributed by atoms with Gasteiger partial charge < -0.3 is 10.6 Å². The van der Waals surface area contributed by atoms with Crippen LogP contribution in [-0.2, 0) is 10.3 Å². The number of amides is 1. The summed E-state index contributed by atoms with van der Waals surface area (Å²) >= 11 is 0. The van der Waals surface area contributed by atoms with Crippen LogP contribution < -0.4 is 10.6 Å². The minimum absolute atomic E-state index is 0. The van der Waals surface area contributed by atoms with Crippen LogP contribution in [0.1, 0.15) is 25.0 Å². The van der Waals surface area contributed by atoms with Crippen molar-refractivity contribution in [3.8, 4) is 0 Å². The van der Waals surface area contributed by atoms with Crippen LogP contribution in [0.2, 0.25) is 0 Å². The average Bonchev–Trinajstić information content (AvgIpc) is 2.13. The molecule has 0 radical (unpaired) electrons. The van der Waals surface area contributed by atoms with E-state index in [9.17, 15) is 4.79 Å². The van der Waals surface area contributed by atoms with Gasteiger partial charge in [0.25, 0.3) is 0 Å². The van der Waals surface area contributed by atoms with Gasteiger partial charge in [0, 0.05) is 13.1 Å². The Labute approximate surface area is 115 Å². The molecular weight excluding hydrogens is 248 g/mol. The van der Waals surface area contributed by atoms with Crippen LogP contribution in [0.5, 0.6) is 0 Å². The molecule has 3 nitrogen and oxygen atoms in total. The fourth-order valence-corrected chi connectivity index (χ4v) is 1.99. The molecule has 1 aromatic carbocycles. The van der Waals surface area contributed by atoms with Crippen molar-refractivity contribution in [2.24, 2.45) is 5.92 Å². The van der Waals surface area contributed by atoms with E-state index < -0.39 is 0 Å². The van der Waals surface area contributed by atoms with Crippen LogP contribution in [0.15, 0.2) is 24.3 Å². The Balaban J connectivity index is 0.00000162. The van der Waals surface area contributed by atoms with Crippen molar-refractivity contribution >= 4 is 18.3 Å². The van der Waals surface area contributed by atoms with Crippen LogP contribution >= 0.6 is 12.4 Å². The molecular formula is C14H21ClN2O. The van der Waals surface area contributed by atoms with E-state index in [1.165, 1.54) is 5.56 Å². The van der Waals surface area contributed by atoms with Crippen LogP contribution in [0.3, 0.4) is 0 Å². The van der Waals surface area contributed by atoms with Gasteiger partial charge in [-0.3, -0.25) is 4.79 Å². The molecule has 0 aliphatic carbocycles. The largest absolute Gasteiger partial charge is 0.347 e. The van der Waals surface area contributed by atoms with Gasteiger partial charge in [-0.1, -0.05) is 29.8 Å². The number of benzene rings is 1. The predicted octanol–water partition coefficient (Wildman–Crippen LogP) is 1.99. The van der Waals surface area contributed by atoms with Crippen molar-refractivity contribution in [2.75, 3.05) is 13.1 Å². The lowest BCUT2D eigenvalue weighted by Crippen LogP contribution is -2.54. The average molecular weight is 269 g/mol. The van der Waals surface area contributed by atoms with E-state index in [0.29, 0.717) is 0 Å². The van der Waals surface area contributed by atoms with E-state index in [0.717, 1.165) is 18.7 Å². The predicted molar refractivity (Wildman–Crippen MR) is 76.0 cm³/mol. The minimum atomic E-state index is -0.307. The monoisotopic (exact) mass is 268 g/mol. The molecule has 1 saturated heterocycles. The summed E-state index contributed by atoms with van der Waals surface area (Å²) in [6.07, 6.45) is 0. The Hall–Kier alpha value is -1.06. The highest BCUT2D eigenvalue weighted by atomic mass is 35.5. The van der Waals surface area contributed by atoms with Crippen molar-refractivity contribution in [1.29, 1.82) is 0 Å². The molecule has 2 N–H and O–H groups in total. The summed E-state index contributed by atoms with van der Waals surface area (Å²) in [6, 6.07) is 8.28. The summed E-state index contributed by atoms with van der Waals surface area (Å²) in [5.74, 6) is 0.286. The molecule has 0 atom stereocenters. The normalized spacial score (nSPS) is 15.5. The van der Waals surface area contributed by atoms with Gasteiger partial charge in [0.05, 0.1) is 11.5 Å². The number of carbonyl (C=O) groups is 1. The van der Waals surface area contributed by atoms with E-state index in [4.69, 9.17) is 0 Å². The molecule has 0 bridgehead atoms. The van der Waals surface area contributed by atoms with E-state index in [1.807, 2.05) is 19.9 Å². The molecule has 0 unspecified atom stereocenters. The van der Waals surface area contributed by atoms with Crippen molar-refractivity contribution in [3.05, 3.63) is 35.4 Å². The first-order valence-corrected chi connectivity index (χ1v) is 6.09. The number of nitrogens with one attached hydrogen (secondary N) is 2. The molecule has 1 aliphatic heterocycles. The number of halogens is 1. The summed E-state index contributed by atoms with van der Waals surface area (Å²) in [6.45, 7) is 7.76. The molecule has 1 amide bonds. The molecule has 100 valence electrons. The van der Waals surface area contributed by atoms with E-state index in [1.54, 1.807) is 0 Å². The lowest BCUT2D eigenvalue weighted by molar-refractivity contribution is -0.128. The second kappa shape index (κ2) is 5.72. The Morgan fingerprint density at radius 3 is 2.56 bits per heavy atom. The second-order valence-electron chi connectivity index (χ2n) is 5.34. The van der Waals surface area contributed by atoms with Crippen molar-refractivity contribution in [1.82, 2.24) is 10.6 Å². The standard InChI is InChI=1S/C14H20N2O.ClH/c1-10-5-4-6-12(7-10)14(2,3)16-13(17)11-8-15-9-11;/h4-7,11,15H,8-9H2,1-3H3,(H,16,17);1H. The first-order valence-electron chi connectivity index (χ1n) is 6.09. The Kier molecular flexibility index (Phi) is 4.77. The molecule has 1 aliphatic rings. The van der Waals surface area contributed by atoms with E-state index >= 15 is 0 Å². The lowest BCUT2D eigenvalue weighted by atomic mass is 9.91. The lowest BCUT2D eigenvalue weighted by Gasteiger charge is -2.33. The Bertz CT molecular complexity index is 428. The first kappa shape index (κ1) is 15.0. The van der Waals surface area contributed by atoms with E-state index in [2.05, 4.69) is 35.8 Å². The third-order valence-electron chi connectivity index (χ3n) is 3.33. The molecule has 0 saturated carbocycles. The van der Waals surface area contributed by atoms with Gasteiger partial charge in [0.15, 0.2) is 0 Å². The maximum atomic E-state index is 11.9. The highest BCUT2D eigenvalue weighted by Crippen LogP contribution is 2.21. The van der Waals surface area contributed by atoms with Gasteiger partial charge in [0.2, 0.25) is 5.91 Å². The smallest absolute Gasteiger partial charge is 0.226 e. The molecule has 0 aromatic heterocycles. The second-order valence-corrected chi connectivity index (χ2v) is 5.34. The summed E-state index contributed by atoms with van der Waals surface area (Å²) in [7, 11) is 0. The zero-order chi connectivity index (χ0) is 12.5. The van der Waals surface area contributed by atoms with Crippen molar-refractivity contribution in [3.63, 3.8) is 0 Å². The number of hydrogen-bond donors (Lipinski definition) is 2. The zero-order valence-corrected chi connectivity index (χ0v) is 11.9. The molecule has 1 fully saturated rings. The minimum Gasteiger partial charge on any atom is -0.347 e. The Morgan fingerprint density at radius 2 is 2.06 bits per heavy atom. The quantitative estimate of drug-likeness (QED) is 0.880. The number of aryl methyl sites for hydroxylation is 1. The molecule has 18 heavy (non-hydrogen) atoms. The fraction of sp³-hybridized carbons (Fsp3) is 0.500. The van der Waals surface area contributed by atoms with Gasteiger partial charge >= 0.3 is 0 Å². The van der Waals surface area contributed by atoms with Gasteiger partial charge in [-0.05, 0) is 26.3 Å². The van der Waals surface area contributed by atoms with Gasteiger partial charge in [-0.2, -0.15) is 0 Å². The highest BCUT2D eigenvalue weighted by Gasteiger charge is 2.30. The fourth-order valence-electron chi connectivity index (χ4n) is 1.99. The summed E-state index contributed by atoms with van der Waals surface area (Å²) in [5, 5.41) is 6.24. The highest BCUT2D eigenvalue weighted by molar-refractivity contribution is 5.85. The van der Waals surface area contributed by atoms with Gasteiger partial charge in [-0.25, -0.2) is 0 Å². The maximum Gasteiger partial charge on any atom is 0.226 e. The third-order valence-corrected chi connectivity index (χ3v) is 3.33. The van der Waals surface area contributed by atoms with Crippen LogP contribution in [0, 0.1) is 12.8 Å². The number of carbonyl (C=O) groups excluding carboxylic acids is 1. The van der Waals surface area contributed by atoms with Crippen LogP contribution in [-0.4, -0.2) is 19.0 Å². The summed E-state index contributed by atoms with van der Waals surface area (Å²) in [4.78, 5) is 11.9. The molecule has 4 heteroatoms. The van der Waals surface area contributed by atoms with Crippen molar-refractivity contribution < 1.29 is 4.79 Å². The third kappa shape index (κ3) is 3.24. The molecule has 1 aromatic rings. The maximum absolute atomic E-state index is 11.9. The van der Waals surface area contributed by atoms with Crippen LogP contribution in [0.4, 0.5) is 0 Å². The Morgan fingerprint density at radius 1 is 1.39 bits per heavy atom. The molecule has 1 heterocycles. The number of rotatable bonds is 3. The number of hydrogen-bond acceptors (Lipinski definition) is 2. The van der Waals surface area contributed by atoms with Gasteiger partial charge in [0.1, 0.15) is 0 Å². The molecule has 2 rings (SSSR count). The SMILES string of the molecule is Cc1cccc(C(C)(C)NC(=O)C2CNC2)c1.Cl. The summed E-state index contributed by atoms with van der Waals surface area (Å²) in [5.41, 5.74) is 2.06.